The molecule has 7 nitrogen and oxygen atoms in total. The second-order valence-electron chi connectivity index (χ2n) is 11.5. The van der Waals surface area contributed by atoms with Crippen LogP contribution in [0.1, 0.15) is 49.7 Å². The zero-order valence-electron chi connectivity index (χ0n) is 24.7. The average molecular weight is 590 g/mol. The number of para-hydroxylation sites is 1. The minimum absolute atomic E-state index is 0.0670. The van der Waals surface area contributed by atoms with E-state index in [9.17, 15) is 4.79 Å². The second kappa shape index (κ2) is 11.5. The summed E-state index contributed by atoms with van der Waals surface area (Å²) in [7, 11) is 2.14. The van der Waals surface area contributed by atoms with E-state index >= 15 is 0 Å². The first kappa shape index (κ1) is 28.4. The zero-order valence-corrected chi connectivity index (χ0v) is 25.6. The Bertz CT molecular complexity index is 1670. The van der Waals surface area contributed by atoms with Crippen LogP contribution in [-0.2, 0) is 4.79 Å². The van der Waals surface area contributed by atoms with Crippen LogP contribution in [0.2, 0.25) is 0 Å². The maximum absolute atomic E-state index is 12.5. The molecule has 2 aliphatic rings. The van der Waals surface area contributed by atoms with Crippen molar-refractivity contribution in [2.75, 3.05) is 28.8 Å². The number of aromatic nitrogens is 1. The van der Waals surface area contributed by atoms with Gasteiger partial charge in [-0.15, -0.1) is 0 Å². The van der Waals surface area contributed by atoms with E-state index < -0.39 is 0 Å². The Balaban J connectivity index is 1.29. The van der Waals surface area contributed by atoms with Crippen molar-refractivity contribution in [1.29, 1.82) is 0 Å². The lowest BCUT2D eigenvalue weighted by Gasteiger charge is -2.41. The molecule has 3 heterocycles. The second-order valence-corrected chi connectivity index (χ2v) is 11.9. The first-order chi connectivity index (χ1) is 20.7. The Labute approximate surface area is 258 Å². The molecule has 1 aromatic heterocycles. The lowest BCUT2D eigenvalue weighted by atomic mass is 9.86. The number of benzene rings is 3. The smallest absolute Gasteiger partial charge is 0.262 e. The highest BCUT2D eigenvalue weighted by atomic mass is 32.1. The predicted molar refractivity (Wildman–Crippen MR) is 178 cm³/mol. The molecule has 43 heavy (non-hydrogen) atoms. The topological polar surface area (TPSA) is 69.7 Å². The number of carbonyl (C=O) groups excluding carboxylic acids is 1. The number of amides is 1. The number of thiocarbonyl (C=S) groups is 1. The molecule has 0 radical (unpaired) electrons. The largest absolute Gasteiger partial charge is 0.484 e. The van der Waals surface area contributed by atoms with Gasteiger partial charge < -0.3 is 25.2 Å². The van der Waals surface area contributed by atoms with Crippen LogP contribution in [0.4, 0.5) is 17.1 Å². The molecule has 1 amide bonds. The van der Waals surface area contributed by atoms with Gasteiger partial charge in [-0.05, 0) is 105 Å². The van der Waals surface area contributed by atoms with E-state index in [1.165, 1.54) is 16.8 Å². The van der Waals surface area contributed by atoms with Gasteiger partial charge in [-0.1, -0.05) is 36.4 Å². The normalized spacial score (nSPS) is 18.9. The third-order valence-corrected chi connectivity index (χ3v) is 8.54. The Morgan fingerprint density at radius 1 is 1.02 bits per heavy atom. The van der Waals surface area contributed by atoms with Gasteiger partial charge in [0, 0.05) is 35.9 Å². The van der Waals surface area contributed by atoms with Gasteiger partial charge in [-0.3, -0.25) is 9.78 Å². The highest BCUT2D eigenvalue weighted by molar-refractivity contribution is 7.80. The van der Waals surface area contributed by atoms with E-state index in [0.717, 1.165) is 16.9 Å². The number of likely N-dealkylation sites (N-methyl/N-ethyl adjacent to an activating group) is 1. The Hall–Kier alpha value is -4.69. The van der Waals surface area contributed by atoms with Gasteiger partial charge in [-0.2, -0.15) is 0 Å². The summed E-state index contributed by atoms with van der Waals surface area (Å²) in [5.41, 5.74) is 7.27. The minimum atomic E-state index is -0.228. The molecule has 6 rings (SSSR count). The number of allylic oxidation sites excluding steroid dienone is 1. The van der Waals surface area contributed by atoms with Crippen molar-refractivity contribution in [3.63, 3.8) is 0 Å². The Morgan fingerprint density at radius 3 is 2.49 bits per heavy atom. The molecular weight excluding hydrogens is 554 g/mol. The number of fused-ring (bicyclic) bond motifs is 1. The molecule has 1 saturated heterocycles. The van der Waals surface area contributed by atoms with Crippen molar-refractivity contribution in [2.24, 2.45) is 0 Å². The number of nitrogens with zero attached hydrogens (tertiary/aromatic N) is 3. The lowest BCUT2D eigenvalue weighted by Crippen LogP contribution is -2.42. The third-order valence-electron chi connectivity index (χ3n) is 8.22. The van der Waals surface area contributed by atoms with Gasteiger partial charge in [0.2, 0.25) is 0 Å². The molecule has 0 bridgehead atoms. The highest BCUT2D eigenvalue weighted by Crippen LogP contribution is 2.45. The molecule has 4 aromatic rings. The molecule has 2 N–H and O–H groups in total. The molecule has 1 fully saturated rings. The van der Waals surface area contributed by atoms with Crippen LogP contribution in [0.5, 0.6) is 5.75 Å². The van der Waals surface area contributed by atoms with Crippen LogP contribution in [0.3, 0.4) is 0 Å². The summed E-state index contributed by atoms with van der Waals surface area (Å²) < 4.78 is 5.58. The van der Waals surface area contributed by atoms with Gasteiger partial charge in [0.25, 0.3) is 5.91 Å². The van der Waals surface area contributed by atoms with E-state index in [0.29, 0.717) is 16.5 Å². The average Bonchev–Trinajstić information content (AvgIpc) is 3.36. The SMILES string of the molecule is CC1=CC(C)(C)N(C)c2ccc([C@@H]3[C@H](c4ccccn4)NC(=S)N3c3ccc(NC(=O)COc4ccccc4)cc3)cc21. The fourth-order valence-corrected chi connectivity index (χ4v) is 6.25. The van der Waals surface area contributed by atoms with Gasteiger partial charge in [0.05, 0.1) is 23.3 Å². The number of ether oxygens (including phenoxy) is 1. The van der Waals surface area contributed by atoms with Crippen molar-refractivity contribution in [2.45, 2.75) is 38.4 Å². The van der Waals surface area contributed by atoms with Crippen LogP contribution in [-0.4, -0.2) is 35.2 Å². The molecule has 0 aliphatic carbocycles. The molecule has 218 valence electrons. The summed E-state index contributed by atoms with van der Waals surface area (Å²) in [5, 5.41) is 7.08. The number of pyridine rings is 1. The number of anilines is 3. The van der Waals surface area contributed by atoms with Crippen molar-refractivity contribution in [3.8, 4) is 5.75 Å². The number of hydrogen-bond acceptors (Lipinski definition) is 5. The molecular formula is C35H35N5O2S. The van der Waals surface area contributed by atoms with Crippen LogP contribution in [0.25, 0.3) is 5.57 Å². The third kappa shape index (κ3) is 5.70. The first-order valence-corrected chi connectivity index (χ1v) is 14.8. The molecule has 2 aliphatic heterocycles. The molecule has 0 unspecified atom stereocenters. The number of carbonyl (C=O) groups is 1. The van der Waals surface area contributed by atoms with Crippen molar-refractivity contribution in [3.05, 3.63) is 120 Å². The Morgan fingerprint density at radius 2 is 1.77 bits per heavy atom. The van der Waals surface area contributed by atoms with Crippen molar-refractivity contribution < 1.29 is 9.53 Å². The van der Waals surface area contributed by atoms with Crippen LogP contribution in [0.15, 0.2) is 103 Å². The van der Waals surface area contributed by atoms with Gasteiger partial charge in [0.15, 0.2) is 11.7 Å². The standard InChI is InChI=1S/C35H35N5O2S/c1-23-21-35(2,3)39(4)30-18-13-24(20-28(23)30)33-32(29-12-8-9-19-36-29)38-34(43)40(33)26-16-14-25(15-17-26)37-31(41)22-42-27-10-6-5-7-11-27/h5-21,32-33H,22H2,1-4H3,(H,37,41)(H,38,43)/t32-,33+/m0/s1. The van der Waals surface area contributed by atoms with E-state index in [1.54, 1.807) is 0 Å². The summed E-state index contributed by atoms with van der Waals surface area (Å²) in [5.74, 6) is 0.424. The molecule has 2 atom stereocenters. The fourth-order valence-electron chi connectivity index (χ4n) is 5.90. The van der Waals surface area contributed by atoms with Crippen LogP contribution >= 0.6 is 12.2 Å². The first-order valence-electron chi connectivity index (χ1n) is 14.4. The van der Waals surface area contributed by atoms with Crippen molar-refractivity contribution >= 4 is 45.9 Å². The summed E-state index contributed by atoms with van der Waals surface area (Å²) >= 11 is 5.93. The molecule has 8 heteroatoms. The summed E-state index contributed by atoms with van der Waals surface area (Å²) in [6, 6.07) is 29.4. The van der Waals surface area contributed by atoms with E-state index in [-0.39, 0.29) is 30.1 Å². The number of nitrogens with one attached hydrogen (secondary N) is 2. The minimum Gasteiger partial charge on any atom is -0.484 e. The molecule has 3 aromatic carbocycles. The lowest BCUT2D eigenvalue weighted by molar-refractivity contribution is -0.118. The summed E-state index contributed by atoms with van der Waals surface area (Å²) in [6.07, 6.45) is 4.14. The molecule has 0 spiro atoms. The van der Waals surface area contributed by atoms with E-state index in [2.05, 4.69) is 72.5 Å². The number of rotatable bonds is 7. The maximum Gasteiger partial charge on any atom is 0.262 e. The van der Waals surface area contributed by atoms with Crippen molar-refractivity contribution in [1.82, 2.24) is 10.3 Å². The van der Waals surface area contributed by atoms with Gasteiger partial charge in [-0.25, -0.2) is 0 Å². The quantitative estimate of drug-likeness (QED) is 0.227. The maximum atomic E-state index is 12.5. The van der Waals surface area contributed by atoms with Crippen LogP contribution in [0, 0.1) is 0 Å². The monoisotopic (exact) mass is 589 g/mol. The predicted octanol–water partition coefficient (Wildman–Crippen LogP) is 6.91. The zero-order chi connectivity index (χ0) is 30.1. The number of hydrogen-bond donors (Lipinski definition) is 2. The van der Waals surface area contributed by atoms with E-state index in [1.807, 2.05) is 79.0 Å². The van der Waals surface area contributed by atoms with Gasteiger partial charge >= 0.3 is 0 Å². The molecule has 0 saturated carbocycles. The summed E-state index contributed by atoms with van der Waals surface area (Å²) in [4.78, 5) is 21.7. The van der Waals surface area contributed by atoms with Crippen LogP contribution < -0.4 is 25.2 Å². The van der Waals surface area contributed by atoms with E-state index in [4.69, 9.17) is 21.9 Å². The summed E-state index contributed by atoms with van der Waals surface area (Å²) in [6.45, 7) is 6.57. The highest BCUT2D eigenvalue weighted by Gasteiger charge is 2.41. The fraction of sp³-hybridized carbons (Fsp3) is 0.229. The Kier molecular flexibility index (Phi) is 7.62. The van der Waals surface area contributed by atoms with Gasteiger partial charge in [0.1, 0.15) is 5.75 Å².